The summed E-state index contributed by atoms with van der Waals surface area (Å²) >= 11 is 0. The second kappa shape index (κ2) is 4.24. The van der Waals surface area contributed by atoms with Crippen LogP contribution in [-0.2, 0) is 4.79 Å². The lowest BCUT2D eigenvalue weighted by atomic mass is 9.98. The van der Waals surface area contributed by atoms with Gasteiger partial charge in [0.15, 0.2) is 0 Å². The number of fused-ring (bicyclic) bond motifs is 2. The average Bonchev–Trinajstić information content (AvgIpc) is 2.59. The zero-order valence-electron chi connectivity index (χ0n) is 9.20. The standard InChI is InChI=1S/C12H18N2O/c1-3-12(15)14(4-2)11-7-9-5-6-10(8-11)13-9/h1,9-11,13H,4-8H2,2H3. The van der Waals surface area contributed by atoms with Crippen molar-refractivity contribution in [3.8, 4) is 12.3 Å². The molecule has 2 rings (SSSR count). The number of carbonyl (C=O) groups excluding carboxylic acids is 1. The largest absolute Gasteiger partial charge is 0.329 e. The quantitative estimate of drug-likeness (QED) is 0.676. The first-order valence-corrected chi connectivity index (χ1v) is 5.77. The van der Waals surface area contributed by atoms with E-state index in [0.29, 0.717) is 18.1 Å². The van der Waals surface area contributed by atoms with Gasteiger partial charge in [0.1, 0.15) is 0 Å². The van der Waals surface area contributed by atoms with E-state index in [1.807, 2.05) is 11.8 Å². The molecule has 15 heavy (non-hydrogen) atoms. The van der Waals surface area contributed by atoms with Crippen molar-refractivity contribution in [2.24, 2.45) is 0 Å². The van der Waals surface area contributed by atoms with Gasteiger partial charge in [-0.15, -0.1) is 6.42 Å². The van der Waals surface area contributed by atoms with Crippen molar-refractivity contribution in [3.63, 3.8) is 0 Å². The van der Waals surface area contributed by atoms with E-state index < -0.39 is 0 Å². The van der Waals surface area contributed by atoms with Gasteiger partial charge in [0.2, 0.25) is 0 Å². The van der Waals surface area contributed by atoms with E-state index in [1.165, 1.54) is 12.8 Å². The summed E-state index contributed by atoms with van der Waals surface area (Å²) in [6.07, 6.45) is 9.82. The number of hydrogen-bond acceptors (Lipinski definition) is 2. The first-order valence-electron chi connectivity index (χ1n) is 5.77. The Bertz CT molecular complexity index is 282. The van der Waals surface area contributed by atoms with E-state index in [-0.39, 0.29) is 5.91 Å². The molecule has 2 atom stereocenters. The van der Waals surface area contributed by atoms with Crippen molar-refractivity contribution >= 4 is 5.91 Å². The van der Waals surface area contributed by atoms with Crippen LogP contribution in [0.3, 0.4) is 0 Å². The van der Waals surface area contributed by atoms with Crippen LogP contribution < -0.4 is 5.32 Å². The second-order valence-electron chi connectivity index (χ2n) is 4.50. The number of carbonyl (C=O) groups is 1. The van der Waals surface area contributed by atoms with Gasteiger partial charge in [-0.05, 0) is 38.5 Å². The zero-order chi connectivity index (χ0) is 10.8. The maximum atomic E-state index is 11.5. The SMILES string of the molecule is C#CC(=O)N(CC)C1CC2CCC(C1)N2. The molecule has 2 fully saturated rings. The van der Waals surface area contributed by atoms with Crippen molar-refractivity contribution in [2.75, 3.05) is 6.54 Å². The Labute approximate surface area is 91.2 Å². The van der Waals surface area contributed by atoms with Crippen LogP contribution in [0.4, 0.5) is 0 Å². The van der Waals surface area contributed by atoms with Gasteiger partial charge in [-0.25, -0.2) is 0 Å². The molecule has 2 aliphatic rings. The zero-order valence-corrected chi connectivity index (χ0v) is 9.20. The molecule has 1 amide bonds. The fraction of sp³-hybridized carbons (Fsp3) is 0.750. The van der Waals surface area contributed by atoms with E-state index in [9.17, 15) is 4.79 Å². The number of nitrogens with one attached hydrogen (secondary N) is 1. The lowest BCUT2D eigenvalue weighted by Crippen LogP contribution is -2.49. The highest BCUT2D eigenvalue weighted by Crippen LogP contribution is 2.29. The number of terminal acetylenes is 1. The summed E-state index contributed by atoms with van der Waals surface area (Å²) in [6.45, 7) is 2.73. The molecule has 3 heteroatoms. The first kappa shape index (κ1) is 10.5. The van der Waals surface area contributed by atoms with Gasteiger partial charge in [0.05, 0.1) is 0 Å². The van der Waals surface area contributed by atoms with Crippen LogP contribution in [0.5, 0.6) is 0 Å². The summed E-state index contributed by atoms with van der Waals surface area (Å²) in [5.74, 6) is 2.08. The second-order valence-corrected chi connectivity index (χ2v) is 4.50. The van der Waals surface area contributed by atoms with Crippen LogP contribution in [-0.4, -0.2) is 35.5 Å². The highest BCUT2D eigenvalue weighted by atomic mass is 16.2. The molecule has 2 heterocycles. The molecule has 0 aromatic carbocycles. The first-order chi connectivity index (χ1) is 7.24. The number of nitrogens with zero attached hydrogens (tertiary/aromatic N) is 1. The van der Waals surface area contributed by atoms with Gasteiger partial charge in [-0.2, -0.15) is 0 Å². The Morgan fingerprint density at radius 1 is 1.47 bits per heavy atom. The molecule has 0 aliphatic carbocycles. The summed E-state index contributed by atoms with van der Waals surface area (Å²) in [7, 11) is 0. The smallest absolute Gasteiger partial charge is 0.298 e. The Kier molecular flexibility index (Phi) is 2.97. The molecular weight excluding hydrogens is 188 g/mol. The number of rotatable bonds is 2. The lowest BCUT2D eigenvalue weighted by Gasteiger charge is -2.36. The van der Waals surface area contributed by atoms with Crippen molar-refractivity contribution in [1.29, 1.82) is 0 Å². The van der Waals surface area contributed by atoms with Gasteiger partial charge in [-0.1, -0.05) is 0 Å². The monoisotopic (exact) mass is 206 g/mol. The minimum absolute atomic E-state index is 0.149. The molecule has 2 aliphatic heterocycles. The van der Waals surface area contributed by atoms with Crippen LogP contribution >= 0.6 is 0 Å². The van der Waals surface area contributed by atoms with Gasteiger partial charge in [0, 0.05) is 24.7 Å². The molecule has 0 aromatic rings. The minimum atomic E-state index is -0.149. The van der Waals surface area contributed by atoms with Crippen LogP contribution in [0.1, 0.15) is 32.6 Å². The normalized spacial score (nSPS) is 33.5. The average molecular weight is 206 g/mol. The van der Waals surface area contributed by atoms with E-state index in [4.69, 9.17) is 6.42 Å². The summed E-state index contributed by atoms with van der Waals surface area (Å²) < 4.78 is 0. The maximum Gasteiger partial charge on any atom is 0.298 e. The highest BCUT2D eigenvalue weighted by molar-refractivity contribution is 5.93. The van der Waals surface area contributed by atoms with Crippen molar-refractivity contribution in [3.05, 3.63) is 0 Å². The van der Waals surface area contributed by atoms with E-state index in [0.717, 1.165) is 19.4 Å². The summed E-state index contributed by atoms with van der Waals surface area (Å²) in [5, 5.41) is 3.57. The number of hydrogen-bond donors (Lipinski definition) is 1. The molecule has 1 N–H and O–H groups in total. The van der Waals surface area contributed by atoms with Crippen LogP contribution in [0.15, 0.2) is 0 Å². The van der Waals surface area contributed by atoms with Gasteiger partial charge in [0.25, 0.3) is 5.91 Å². The fourth-order valence-electron chi connectivity index (χ4n) is 2.93. The van der Waals surface area contributed by atoms with E-state index >= 15 is 0 Å². The van der Waals surface area contributed by atoms with E-state index in [2.05, 4.69) is 11.2 Å². The van der Waals surface area contributed by atoms with Crippen molar-refractivity contribution in [2.45, 2.75) is 50.7 Å². The summed E-state index contributed by atoms with van der Waals surface area (Å²) in [5.41, 5.74) is 0. The number of piperidine rings is 1. The predicted octanol–water partition coefficient (Wildman–Crippen LogP) is 0.751. The van der Waals surface area contributed by atoms with Gasteiger partial charge in [-0.3, -0.25) is 4.79 Å². The third kappa shape index (κ3) is 2.00. The van der Waals surface area contributed by atoms with Crippen molar-refractivity contribution < 1.29 is 4.79 Å². The number of amides is 1. The molecule has 0 radical (unpaired) electrons. The van der Waals surface area contributed by atoms with Gasteiger partial charge >= 0.3 is 0 Å². The van der Waals surface area contributed by atoms with E-state index in [1.54, 1.807) is 0 Å². The highest BCUT2D eigenvalue weighted by Gasteiger charge is 2.36. The Hall–Kier alpha value is -1.01. The van der Waals surface area contributed by atoms with Crippen LogP contribution in [0.2, 0.25) is 0 Å². The predicted molar refractivity (Wildman–Crippen MR) is 59.2 cm³/mol. The summed E-state index contributed by atoms with van der Waals surface area (Å²) in [4.78, 5) is 13.4. The molecule has 0 spiro atoms. The molecular formula is C12H18N2O. The minimum Gasteiger partial charge on any atom is -0.329 e. The lowest BCUT2D eigenvalue weighted by molar-refractivity contribution is -0.127. The third-order valence-corrected chi connectivity index (χ3v) is 3.61. The van der Waals surface area contributed by atoms with Gasteiger partial charge < -0.3 is 10.2 Å². The van der Waals surface area contributed by atoms with Crippen LogP contribution in [0, 0.1) is 12.3 Å². The fourth-order valence-corrected chi connectivity index (χ4v) is 2.93. The topological polar surface area (TPSA) is 32.3 Å². The molecule has 0 aromatic heterocycles. The molecule has 2 saturated heterocycles. The third-order valence-electron chi connectivity index (χ3n) is 3.61. The molecule has 82 valence electrons. The molecule has 2 unspecified atom stereocenters. The molecule has 0 saturated carbocycles. The Morgan fingerprint density at radius 2 is 2.07 bits per heavy atom. The summed E-state index contributed by atoms with van der Waals surface area (Å²) in [6, 6.07) is 1.57. The van der Waals surface area contributed by atoms with Crippen molar-refractivity contribution in [1.82, 2.24) is 10.2 Å². The Balaban J connectivity index is 2.03. The Morgan fingerprint density at radius 3 is 2.53 bits per heavy atom. The van der Waals surface area contributed by atoms with Crippen LogP contribution in [0.25, 0.3) is 0 Å². The maximum absolute atomic E-state index is 11.5. The molecule has 2 bridgehead atoms. The molecule has 3 nitrogen and oxygen atoms in total.